The van der Waals surface area contributed by atoms with Gasteiger partial charge in [0, 0.05) is 31.8 Å². The summed E-state index contributed by atoms with van der Waals surface area (Å²) in [5, 5.41) is 0. The summed E-state index contributed by atoms with van der Waals surface area (Å²) in [5.41, 5.74) is 6.44. The van der Waals surface area contributed by atoms with E-state index in [9.17, 15) is 0 Å². The summed E-state index contributed by atoms with van der Waals surface area (Å²) in [4.78, 5) is 2.65. The second-order valence-electron chi connectivity index (χ2n) is 6.41. The van der Waals surface area contributed by atoms with Gasteiger partial charge in [-0.25, -0.2) is 0 Å². The van der Waals surface area contributed by atoms with Crippen molar-refractivity contribution >= 4 is 0 Å². The Labute approximate surface area is 119 Å². The predicted molar refractivity (Wildman–Crippen MR) is 82.4 cm³/mol. The van der Waals surface area contributed by atoms with Gasteiger partial charge in [-0.05, 0) is 38.5 Å². The SMILES string of the molecule is CCC(C)N(CCOC)C1(CN)CCCC(C)CC1. The summed E-state index contributed by atoms with van der Waals surface area (Å²) in [6.45, 7) is 9.59. The molecular formula is C16H34N2O. The van der Waals surface area contributed by atoms with E-state index in [2.05, 4.69) is 25.7 Å². The molecule has 19 heavy (non-hydrogen) atoms. The van der Waals surface area contributed by atoms with E-state index < -0.39 is 0 Å². The van der Waals surface area contributed by atoms with Gasteiger partial charge in [0.15, 0.2) is 0 Å². The zero-order valence-corrected chi connectivity index (χ0v) is 13.5. The highest BCUT2D eigenvalue weighted by Crippen LogP contribution is 2.35. The van der Waals surface area contributed by atoms with Crippen LogP contribution in [0.1, 0.15) is 59.3 Å². The van der Waals surface area contributed by atoms with Crippen LogP contribution in [0.2, 0.25) is 0 Å². The van der Waals surface area contributed by atoms with Crippen LogP contribution in [0.25, 0.3) is 0 Å². The van der Waals surface area contributed by atoms with Crippen molar-refractivity contribution in [3.63, 3.8) is 0 Å². The van der Waals surface area contributed by atoms with Gasteiger partial charge in [0.25, 0.3) is 0 Å². The second-order valence-corrected chi connectivity index (χ2v) is 6.41. The van der Waals surface area contributed by atoms with Gasteiger partial charge < -0.3 is 10.5 Å². The largest absolute Gasteiger partial charge is 0.383 e. The Hall–Kier alpha value is -0.120. The lowest BCUT2D eigenvalue weighted by Gasteiger charge is -2.46. The van der Waals surface area contributed by atoms with Gasteiger partial charge in [-0.3, -0.25) is 4.90 Å². The highest BCUT2D eigenvalue weighted by Gasteiger charge is 2.38. The van der Waals surface area contributed by atoms with Crippen LogP contribution < -0.4 is 5.73 Å². The third kappa shape index (κ3) is 4.44. The van der Waals surface area contributed by atoms with E-state index in [0.29, 0.717) is 6.04 Å². The zero-order valence-electron chi connectivity index (χ0n) is 13.5. The normalized spacial score (nSPS) is 30.3. The summed E-state index contributed by atoms with van der Waals surface area (Å²) in [5.74, 6) is 0.856. The third-order valence-electron chi connectivity index (χ3n) is 5.09. The first-order valence-electron chi connectivity index (χ1n) is 8.05. The fourth-order valence-electron chi connectivity index (χ4n) is 3.51. The molecule has 3 unspecified atom stereocenters. The lowest BCUT2D eigenvalue weighted by atomic mass is 9.86. The van der Waals surface area contributed by atoms with Crippen molar-refractivity contribution in [2.75, 3.05) is 26.8 Å². The van der Waals surface area contributed by atoms with Crippen LogP contribution in [-0.4, -0.2) is 43.3 Å². The van der Waals surface area contributed by atoms with Crippen molar-refractivity contribution in [3.8, 4) is 0 Å². The number of nitrogens with two attached hydrogens (primary N) is 1. The summed E-state index contributed by atoms with van der Waals surface area (Å²) < 4.78 is 5.32. The predicted octanol–water partition coefficient (Wildman–Crippen LogP) is 3.03. The standard InChI is InChI=1S/C16H34N2O/c1-5-15(3)18(11-12-19-4)16(13-17)9-6-7-14(2)8-10-16/h14-15H,5-13,17H2,1-4H3. The van der Waals surface area contributed by atoms with Crippen molar-refractivity contribution < 1.29 is 4.74 Å². The molecule has 1 fully saturated rings. The average Bonchev–Trinajstić information content (AvgIpc) is 2.62. The van der Waals surface area contributed by atoms with Gasteiger partial charge in [-0.15, -0.1) is 0 Å². The Kier molecular flexibility index (Phi) is 7.33. The summed E-state index contributed by atoms with van der Waals surface area (Å²) in [7, 11) is 1.79. The summed E-state index contributed by atoms with van der Waals surface area (Å²) in [6.07, 6.45) is 7.68. The minimum atomic E-state index is 0.207. The fraction of sp³-hybridized carbons (Fsp3) is 1.00. The van der Waals surface area contributed by atoms with Crippen molar-refractivity contribution in [2.45, 2.75) is 70.9 Å². The van der Waals surface area contributed by atoms with Crippen LogP contribution in [0.5, 0.6) is 0 Å². The maximum atomic E-state index is 6.24. The molecule has 0 aromatic carbocycles. The molecule has 0 aromatic heterocycles. The molecule has 0 saturated heterocycles. The quantitative estimate of drug-likeness (QED) is 0.723. The Morgan fingerprint density at radius 1 is 1.37 bits per heavy atom. The molecule has 1 saturated carbocycles. The molecule has 3 atom stereocenters. The number of rotatable bonds is 7. The zero-order chi connectivity index (χ0) is 14.3. The highest BCUT2D eigenvalue weighted by molar-refractivity contribution is 4.95. The van der Waals surface area contributed by atoms with Gasteiger partial charge in [0.1, 0.15) is 0 Å². The minimum absolute atomic E-state index is 0.207. The molecule has 3 heteroatoms. The lowest BCUT2D eigenvalue weighted by Crippen LogP contribution is -2.57. The van der Waals surface area contributed by atoms with E-state index in [1.807, 2.05) is 0 Å². The topological polar surface area (TPSA) is 38.5 Å². The van der Waals surface area contributed by atoms with E-state index in [-0.39, 0.29) is 5.54 Å². The van der Waals surface area contributed by atoms with Crippen molar-refractivity contribution in [2.24, 2.45) is 11.7 Å². The van der Waals surface area contributed by atoms with Crippen molar-refractivity contribution in [1.82, 2.24) is 4.90 Å². The van der Waals surface area contributed by atoms with Gasteiger partial charge in [-0.1, -0.05) is 26.7 Å². The molecule has 0 radical (unpaired) electrons. The van der Waals surface area contributed by atoms with Gasteiger partial charge in [-0.2, -0.15) is 0 Å². The van der Waals surface area contributed by atoms with E-state index in [4.69, 9.17) is 10.5 Å². The summed E-state index contributed by atoms with van der Waals surface area (Å²) >= 11 is 0. The Balaban J connectivity index is 2.85. The maximum Gasteiger partial charge on any atom is 0.0590 e. The molecule has 1 aliphatic rings. The van der Waals surface area contributed by atoms with Crippen molar-refractivity contribution in [3.05, 3.63) is 0 Å². The molecule has 0 aromatic rings. The molecule has 0 amide bonds. The van der Waals surface area contributed by atoms with Crippen LogP contribution in [0.4, 0.5) is 0 Å². The Morgan fingerprint density at radius 3 is 2.68 bits per heavy atom. The Morgan fingerprint density at radius 2 is 2.11 bits per heavy atom. The van der Waals surface area contributed by atoms with Crippen LogP contribution in [-0.2, 0) is 4.74 Å². The van der Waals surface area contributed by atoms with E-state index in [0.717, 1.165) is 25.6 Å². The molecule has 0 bridgehead atoms. The molecule has 3 nitrogen and oxygen atoms in total. The molecule has 1 aliphatic carbocycles. The average molecular weight is 270 g/mol. The fourth-order valence-corrected chi connectivity index (χ4v) is 3.51. The number of nitrogens with zero attached hydrogens (tertiary/aromatic N) is 1. The first-order chi connectivity index (χ1) is 9.09. The van der Waals surface area contributed by atoms with Gasteiger partial charge in [0.2, 0.25) is 0 Å². The molecule has 2 N–H and O–H groups in total. The minimum Gasteiger partial charge on any atom is -0.383 e. The first kappa shape index (κ1) is 16.9. The van der Waals surface area contributed by atoms with Gasteiger partial charge >= 0.3 is 0 Å². The van der Waals surface area contributed by atoms with Crippen LogP contribution in [0.15, 0.2) is 0 Å². The summed E-state index contributed by atoms with van der Waals surface area (Å²) in [6, 6.07) is 0.590. The van der Waals surface area contributed by atoms with E-state index in [1.165, 1.54) is 38.5 Å². The second kappa shape index (κ2) is 8.23. The highest BCUT2D eigenvalue weighted by atomic mass is 16.5. The number of methoxy groups -OCH3 is 1. The van der Waals surface area contributed by atoms with Crippen molar-refractivity contribution in [1.29, 1.82) is 0 Å². The molecule has 0 heterocycles. The van der Waals surface area contributed by atoms with E-state index >= 15 is 0 Å². The Bertz CT molecular complexity index is 247. The molecular weight excluding hydrogens is 236 g/mol. The maximum absolute atomic E-state index is 6.24. The molecule has 0 aliphatic heterocycles. The van der Waals surface area contributed by atoms with Crippen LogP contribution >= 0.6 is 0 Å². The number of hydrogen-bond donors (Lipinski definition) is 1. The number of hydrogen-bond acceptors (Lipinski definition) is 3. The smallest absolute Gasteiger partial charge is 0.0590 e. The number of ether oxygens (including phenoxy) is 1. The monoisotopic (exact) mass is 270 g/mol. The third-order valence-corrected chi connectivity index (χ3v) is 5.09. The van der Waals surface area contributed by atoms with Crippen LogP contribution in [0.3, 0.4) is 0 Å². The molecule has 1 rings (SSSR count). The molecule has 114 valence electrons. The molecule has 0 spiro atoms. The van der Waals surface area contributed by atoms with Crippen LogP contribution in [0, 0.1) is 5.92 Å². The first-order valence-corrected chi connectivity index (χ1v) is 8.05. The van der Waals surface area contributed by atoms with Gasteiger partial charge in [0.05, 0.1) is 6.61 Å². The van der Waals surface area contributed by atoms with E-state index in [1.54, 1.807) is 7.11 Å². The lowest BCUT2D eigenvalue weighted by molar-refractivity contribution is 0.0165.